The molecule has 0 amide bonds. The average Bonchev–Trinajstić information content (AvgIpc) is 2.84. The molecular weight excluding hydrogens is 254 g/mol. The monoisotopic (exact) mass is 269 g/mol. The van der Waals surface area contributed by atoms with E-state index < -0.39 is 15.1 Å². The largest absolute Gasteiger partial charge is 0.454 e. The van der Waals surface area contributed by atoms with Gasteiger partial charge < -0.3 is 15.2 Å². The van der Waals surface area contributed by atoms with Crippen molar-refractivity contribution in [2.24, 2.45) is 5.73 Å². The van der Waals surface area contributed by atoms with E-state index in [-0.39, 0.29) is 24.5 Å². The third-order valence-electron chi connectivity index (χ3n) is 3.61. The molecule has 1 aliphatic carbocycles. The molecule has 98 valence electrons. The zero-order valence-corrected chi connectivity index (χ0v) is 10.8. The number of rotatable bonds is 3. The van der Waals surface area contributed by atoms with E-state index >= 15 is 0 Å². The van der Waals surface area contributed by atoms with Gasteiger partial charge in [0.25, 0.3) is 0 Å². The Morgan fingerprint density at radius 2 is 2.06 bits per heavy atom. The van der Waals surface area contributed by atoms with Gasteiger partial charge in [-0.05, 0) is 17.7 Å². The molecule has 0 bridgehead atoms. The Bertz CT molecular complexity index is 584. The molecule has 0 saturated heterocycles. The lowest BCUT2D eigenvalue weighted by atomic mass is 10.1. The molecule has 3 unspecified atom stereocenters. The van der Waals surface area contributed by atoms with E-state index in [4.69, 9.17) is 15.2 Å². The molecule has 0 radical (unpaired) electrons. The second kappa shape index (κ2) is 3.86. The topological polar surface area (TPSA) is 78.6 Å². The highest BCUT2D eigenvalue weighted by molar-refractivity contribution is 7.92. The van der Waals surface area contributed by atoms with Crippen LogP contribution in [0.3, 0.4) is 0 Å². The number of hydrogen-bond acceptors (Lipinski definition) is 5. The van der Waals surface area contributed by atoms with Gasteiger partial charge in [-0.25, -0.2) is 8.42 Å². The smallest absolute Gasteiger partial charge is 0.231 e. The number of fused-ring (bicyclic) bond motifs is 1. The maximum absolute atomic E-state index is 11.9. The van der Waals surface area contributed by atoms with Crippen LogP contribution in [0.5, 0.6) is 11.5 Å². The van der Waals surface area contributed by atoms with Crippen molar-refractivity contribution in [3.05, 3.63) is 23.8 Å². The number of nitrogens with two attached hydrogens (primary N) is 1. The summed E-state index contributed by atoms with van der Waals surface area (Å²) in [6.45, 7) is 1.86. The van der Waals surface area contributed by atoms with Gasteiger partial charge in [0.15, 0.2) is 21.3 Å². The van der Waals surface area contributed by atoms with Gasteiger partial charge in [-0.15, -0.1) is 0 Å². The van der Waals surface area contributed by atoms with Gasteiger partial charge in [0.1, 0.15) is 0 Å². The predicted octanol–water partition coefficient (Wildman–Crippen LogP) is 0.643. The predicted molar refractivity (Wildman–Crippen MR) is 66.5 cm³/mol. The van der Waals surface area contributed by atoms with Gasteiger partial charge in [-0.2, -0.15) is 0 Å². The van der Waals surface area contributed by atoms with Gasteiger partial charge in [0.2, 0.25) is 6.79 Å². The van der Waals surface area contributed by atoms with Gasteiger partial charge >= 0.3 is 0 Å². The second-order valence-corrected chi connectivity index (χ2v) is 7.08. The van der Waals surface area contributed by atoms with Crippen LogP contribution < -0.4 is 15.2 Å². The van der Waals surface area contributed by atoms with Crippen LogP contribution in [0.2, 0.25) is 0 Å². The van der Waals surface area contributed by atoms with E-state index in [2.05, 4.69) is 0 Å². The summed E-state index contributed by atoms with van der Waals surface area (Å²) >= 11 is 0. The maximum Gasteiger partial charge on any atom is 0.231 e. The van der Waals surface area contributed by atoms with Crippen LogP contribution >= 0.6 is 0 Å². The molecule has 1 aliphatic heterocycles. The Morgan fingerprint density at radius 1 is 1.33 bits per heavy atom. The van der Waals surface area contributed by atoms with Crippen LogP contribution in [-0.2, 0) is 9.84 Å². The Hall–Kier alpha value is -1.27. The molecule has 1 aromatic rings. The Kier molecular flexibility index (Phi) is 2.53. The second-order valence-electron chi connectivity index (χ2n) is 4.63. The van der Waals surface area contributed by atoms with Gasteiger partial charge in [0.05, 0.1) is 5.25 Å². The fourth-order valence-electron chi connectivity index (χ4n) is 2.49. The highest BCUT2D eigenvalue weighted by Crippen LogP contribution is 2.47. The van der Waals surface area contributed by atoms with E-state index in [1.54, 1.807) is 13.0 Å². The zero-order chi connectivity index (χ0) is 12.9. The molecule has 1 heterocycles. The van der Waals surface area contributed by atoms with Crippen molar-refractivity contribution in [2.75, 3.05) is 12.5 Å². The quantitative estimate of drug-likeness (QED) is 0.871. The molecule has 1 saturated carbocycles. The van der Waals surface area contributed by atoms with Crippen molar-refractivity contribution < 1.29 is 17.9 Å². The summed E-state index contributed by atoms with van der Waals surface area (Å²) in [6, 6.07) is 5.19. The lowest BCUT2D eigenvalue weighted by Gasteiger charge is -2.02. The van der Waals surface area contributed by atoms with Crippen LogP contribution in [0, 0.1) is 0 Å². The van der Waals surface area contributed by atoms with Crippen LogP contribution in [0.15, 0.2) is 18.2 Å². The minimum absolute atomic E-state index is 0.121. The first-order valence-electron chi connectivity index (χ1n) is 5.91. The lowest BCUT2D eigenvalue weighted by Crippen LogP contribution is -2.17. The third-order valence-corrected chi connectivity index (χ3v) is 5.85. The van der Waals surface area contributed by atoms with Crippen LogP contribution in [0.1, 0.15) is 18.4 Å². The molecule has 2 aliphatic rings. The Balaban J connectivity index is 1.89. The van der Waals surface area contributed by atoms with Crippen molar-refractivity contribution in [3.63, 3.8) is 0 Å². The summed E-state index contributed by atoms with van der Waals surface area (Å²) in [5.74, 6) is 1.37. The molecule has 1 aromatic carbocycles. The molecule has 18 heavy (non-hydrogen) atoms. The van der Waals surface area contributed by atoms with E-state index in [9.17, 15) is 8.42 Å². The molecule has 0 aromatic heterocycles. The van der Waals surface area contributed by atoms with E-state index in [0.29, 0.717) is 11.5 Å². The maximum atomic E-state index is 11.9. The van der Waals surface area contributed by atoms with E-state index in [0.717, 1.165) is 5.56 Å². The van der Waals surface area contributed by atoms with Gasteiger partial charge in [0, 0.05) is 17.7 Å². The summed E-state index contributed by atoms with van der Waals surface area (Å²) in [4.78, 5) is 0. The highest BCUT2D eigenvalue weighted by atomic mass is 32.2. The molecule has 1 fully saturated rings. The van der Waals surface area contributed by atoms with Crippen molar-refractivity contribution >= 4 is 9.84 Å². The SMILES string of the molecule is CCS(=O)(=O)C1C(N)C1c1ccc2c(c1)OCO2. The van der Waals surface area contributed by atoms with Crippen LogP contribution in [0.25, 0.3) is 0 Å². The highest BCUT2D eigenvalue weighted by Gasteiger charge is 2.56. The summed E-state index contributed by atoms with van der Waals surface area (Å²) < 4.78 is 34.2. The van der Waals surface area contributed by atoms with Crippen molar-refractivity contribution in [3.8, 4) is 11.5 Å². The van der Waals surface area contributed by atoms with Crippen LogP contribution in [0.4, 0.5) is 0 Å². The zero-order valence-electron chi connectivity index (χ0n) is 10.00. The Morgan fingerprint density at radius 3 is 2.78 bits per heavy atom. The van der Waals surface area contributed by atoms with Gasteiger partial charge in [-0.3, -0.25) is 0 Å². The fourth-order valence-corrected chi connectivity index (χ4v) is 4.22. The minimum Gasteiger partial charge on any atom is -0.454 e. The normalized spacial score (nSPS) is 29.3. The number of hydrogen-bond donors (Lipinski definition) is 1. The Labute approximate surface area is 106 Å². The molecule has 3 atom stereocenters. The lowest BCUT2D eigenvalue weighted by molar-refractivity contribution is 0.174. The average molecular weight is 269 g/mol. The number of sulfone groups is 1. The first kappa shape index (κ1) is 11.8. The summed E-state index contributed by atoms with van der Waals surface area (Å²) in [5, 5.41) is -0.456. The third kappa shape index (κ3) is 1.67. The molecule has 3 rings (SSSR count). The molecule has 5 nitrogen and oxygen atoms in total. The van der Waals surface area contributed by atoms with Crippen molar-refractivity contribution in [2.45, 2.75) is 24.1 Å². The summed E-state index contributed by atoms with van der Waals surface area (Å²) in [5.41, 5.74) is 6.81. The first-order chi connectivity index (χ1) is 8.54. The standard InChI is InChI=1S/C12H15NO4S/c1-2-18(14,15)12-10(11(12)13)7-3-4-8-9(5-7)17-6-16-8/h3-5,10-12H,2,6,13H2,1H3. The van der Waals surface area contributed by atoms with Crippen molar-refractivity contribution in [1.29, 1.82) is 0 Å². The van der Waals surface area contributed by atoms with Gasteiger partial charge in [-0.1, -0.05) is 13.0 Å². The number of ether oxygens (including phenoxy) is 2. The molecule has 0 spiro atoms. The summed E-state index contributed by atoms with van der Waals surface area (Å²) in [7, 11) is -3.08. The molecule has 2 N–H and O–H groups in total. The first-order valence-corrected chi connectivity index (χ1v) is 7.63. The van der Waals surface area contributed by atoms with Crippen molar-refractivity contribution in [1.82, 2.24) is 0 Å². The number of benzene rings is 1. The fraction of sp³-hybridized carbons (Fsp3) is 0.500. The van der Waals surface area contributed by atoms with Crippen LogP contribution in [-0.4, -0.2) is 32.3 Å². The van der Waals surface area contributed by atoms with E-state index in [1.807, 2.05) is 12.1 Å². The van der Waals surface area contributed by atoms with E-state index in [1.165, 1.54) is 0 Å². The molecule has 6 heteroatoms. The summed E-state index contributed by atoms with van der Waals surface area (Å²) in [6.07, 6.45) is 0. The minimum atomic E-state index is -3.08. The molecular formula is C12H15NO4S.